The SMILES string of the molecule is Cc1cc(-c2noc([C@H]3OCC[C@H]3CN)n2)c(C)o1. The van der Waals surface area contributed by atoms with Gasteiger partial charge in [-0.1, -0.05) is 5.16 Å². The number of ether oxygens (including phenoxy) is 1. The van der Waals surface area contributed by atoms with Gasteiger partial charge >= 0.3 is 0 Å². The van der Waals surface area contributed by atoms with Gasteiger partial charge in [0.1, 0.15) is 17.6 Å². The van der Waals surface area contributed by atoms with Gasteiger partial charge in [-0.05, 0) is 32.9 Å². The van der Waals surface area contributed by atoms with Crippen LogP contribution in [0.3, 0.4) is 0 Å². The standard InChI is InChI=1S/C13H17N3O3/c1-7-5-10(8(2)18-7)12-15-13(19-16-12)11-9(6-14)3-4-17-11/h5,9,11H,3-4,6,14H2,1-2H3/t9-,11-/m0/s1. The highest BCUT2D eigenvalue weighted by Gasteiger charge is 2.33. The van der Waals surface area contributed by atoms with E-state index in [9.17, 15) is 0 Å². The highest BCUT2D eigenvalue weighted by molar-refractivity contribution is 5.57. The molecule has 2 aromatic heterocycles. The minimum atomic E-state index is -0.181. The van der Waals surface area contributed by atoms with Crippen molar-refractivity contribution in [1.82, 2.24) is 10.1 Å². The molecule has 0 saturated carbocycles. The third-order valence-electron chi connectivity index (χ3n) is 3.48. The molecule has 0 aliphatic carbocycles. The number of aryl methyl sites for hydroxylation is 2. The summed E-state index contributed by atoms with van der Waals surface area (Å²) in [6.45, 7) is 5.02. The van der Waals surface area contributed by atoms with Crippen LogP contribution in [0.25, 0.3) is 11.4 Å². The van der Waals surface area contributed by atoms with Crippen molar-refractivity contribution in [2.24, 2.45) is 11.7 Å². The molecule has 0 amide bonds. The molecule has 0 aromatic carbocycles. The number of furan rings is 1. The first-order chi connectivity index (χ1) is 9.19. The van der Waals surface area contributed by atoms with E-state index < -0.39 is 0 Å². The van der Waals surface area contributed by atoms with Crippen LogP contribution in [0.4, 0.5) is 0 Å². The van der Waals surface area contributed by atoms with E-state index in [0.29, 0.717) is 24.9 Å². The normalized spacial score (nSPS) is 23.1. The Labute approximate surface area is 110 Å². The second kappa shape index (κ2) is 4.79. The fraction of sp³-hybridized carbons (Fsp3) is 0.538. The number of nitrogens with zero attached hydrogens (tertiary/aromatic N) is 2. The van der Waals surface area contributed by atoms with Crippen molar-refractivity contribution >= 4 is 0 Å². The lowest BCUT2D eigenvalue weighted by molar-refractivity contribution is 0.0642. The number of hydrogen-bond acceptors (Lipinski definition) is 6. The maximum absolute atomic E-state index is 5.72. The number of hydrogen-bond donors (Lipinski definition) is 1. The predicted octanol–water partition coefficient (Wildman–Crippen LogP) is 1.98. The molecule has 102 valence electrons. The molecule has 0 bridgehead atoms. The van der Waals surface area contributed by atoms with Crippen LogP contribution in [-0.4, -0.2) is 23.3 Å². The third kappa shape index (κ3) is 2.17. The van der Waals surface area contributed by atoms with Crippen LogP contribution in [0.1, 0.15) is 29.9 Å². The Morgan fingerprint density at radius 3 is 2.95 bits per heavy atom. The molecule has 6 heteroatoms. The Kier molecular flexibility index (Phi) is 3.12. The lowest BCUT2D eigenvalue weighted by atomic mass is 10.0. The van der Waals surface area contributed by atoms with Gasteiger partial charge in [-0.15, -0.1) is 0 Å². The van der Waals surface area contributed by atoms with E-state index in [1.54, 1.807) is 0 Å². The van der Waals surface area contributed by atoms with E-state index in [0.717, 1.165) is 23.5 Å². The van der Waals surface area contributed by atoms with Gasteiger partial charge in [0, 0.05) is 12.5 Å². The highest BCUT2D eigenvalue weighted by atomic mass is 16.5. The Balaban J connectivity index is 1.89. The summed E-state index contributed by atoms with van der Waals surface area (Å²) in [5, 5.41) is 4.01. The van der Waals surface area contributed by atoms with Crippen LogP contribution in [0.15, 0.2) is 15.0 Å². The molecule has 1 saturated heterocycles. The van der Waals surface area contributed by atoms with E-state index in [4.69, 9.17) is 19.4 Å². The van der Waals surface area contributed by atoms with Crippen LogP contribution in [0.5, 0.6) is 0 Å². The van der Waals surface area contributed by atoms with Crippen molar-refractivity contribution in [3.8, 4) is 11.4 Å². The van der Waals surface area contributed by atoms with Crippen LogP contribution in [-0.2, 0) is 4.74 Å². The van der Waals surface area contributed by atoms with Crippen molar-refractivity contribution < 1.29 is 13.7 Å². The molecular formula is C13H17N3O3. The molecule has 2 aromatic rings. The molecule has 2 atom stereocenters. The van der Waals surface area contributed by atoms with Crippen LogP contribution < -0.4 is 5.73 Å². The van der Waals surface area contributed by atoms with Gasteiger partial charge in [0.25, 0.3) is 5.89 Å². The van der Waals surface area contributed by atoms with Gasteiger partial charge in [-0.3, -0.25) is 0 Å². The molecular weight excluding hydrogens is 246 g/mol. The van der Waals surface area contributed by atoms with E-state index in [2.05, 4.69) is 10.1 Å². The quantitative estimate of drug-likeness (QED) is 0.911. The Bertz CT molecular complexity index is 575. The molecule has 0 unspecified atom stereocenters. The van der Waals surface area contributed by atoms with Gasteiger partial charge < -0.3 is 19.4 Å². The molecule has 1 aliphatic heterocycles. The Morgan fingerprint density at radius 1 is 1.42 bits per heavy atom. The molecule has 0 spiro atoms. The maximum Gasteiger partial charge on any atom is 0.256 e. The second-order valence-electron chi connectivity index (χ2n) is 4.86. The van der Waals surface area contributed by atoms with Crippen molar-refractivity contribution in [2.45, 2.75) is 26.4 Å². The fourth-order valence-electron chi connectivity index (χ4n) is 2.46. The Hall–Kier alpha value is -1.66. The smallest absolute Gasteiger partial charge is 0.256 e. The first-order valence-corrected chi connectivity index (χ1v) is 6.41. The molecule has 3 rings (SSSR count). The average Bonchev–Trinajstić information content (AvgIpc) is 3.07. The lowest BCUT2D eigenvalue weighted by Crippen LogP contribution is -2.18. The number of rotatable bonds is 3. The summed E-state index contributed by atoms with van der Waals surface area (Å²) in [7, 11) is 0. The van der Waals surface area contributed by atoms with Crippen molar-refractivity contribution in [2.75, 3.05) is 13.2 Å². The average molecular weight is 263 g/mol. The van der Waals surface area contributed by atoms with E-state index >= 15 is 0 Å². The largest absolute Gasteiger partial charge is 0.466 e. The minimum Gasteiger partial charge on any atom is -0.466 e. The summed E-state index contributed by atoms with van der Waals surface area (Å²) < 4.78 is 16.4. The highest BCUT2D eigenvalue weighted by Crippen LogP contribution is 2.34. The summed E-state index contributed by atoms with van der Waals surface area (Å²) in [6.07, 6.45) is 0.752. The summed E-state index contributed by atoms with van der Waals surface area (Å²) >= 11 is 0. The van der Waals surface area contributed by atoms with Gasteiger partial charge in [-0.25, -0.2) is 0 Å². The monoisotopic (exact) mass is 263 g/mol. The molecule has 3 heterocycles. The van der Waals surface area contributed by atoms with Crippen LogP contribution in [0.2, 0.25) is 0 Å². The fourth-order valence-corrected chi connectivity index (χ4v) is 2.46. The molecule has 1 fully saturated rings. The van der Waals surface area contributed by atoms with E-state index in [-0.39, 0.29) is 12.0 Å². The third-order valence-corrected chi connectivity index (χ3v) is 3.48. The van der Waals surface area contributed by atoms with Gasteiger partial charge in [0.15, 0.2) is 0 Å². The minimum absolute atomic E-state index is 0.181. The van der Waals surface area contributed by atoms with E-state index in [1.165, 1.54) is 0 Å². The predicted molar refractivity (Wildman–Crippen MR) is 67.3 cm³/mol. The molecule has 19 heavy (non-hydrogen) atoms. The maximum atomic E-state index is 5.72. The molecule has 6 nitrogen and oxygen atoms in total. The van der Waals surface area contributed by atoms with Crippen molar-refractivity contribution in [3.05, 3.63) is 23.5 Å². The zero-order valence-corrected chi connectivity index (χ0v) is 11.0. The molecule has 0 radical (unpaired) electrons. The zero-order chi connectivity index (χ0) is 13.4. The molecule has 2 N–H and O–H groups in total. The first kappa shape index (κ1) is 12.4. The summed E-state index contributed by atoms with van der Waals surface area (Å²) in [5.41, 5.74) is 6.58. The summed E-state index contributed by atoms with van der Waals surface area (Å²) in [5.74, 6) is 2.90. The van der Waals surface area contributed by atoms with Gasteiger partial charge in [0.2, 0.25) is 5.82 Å². The van der Waals surface area contributed by atoms with Crippen molar-refractivity contribution in [3.63, 3.8) is 0 Å². The molecule has 1 aliphatic rings. The van der Waals surface area contributed by atoms with Crippen LogP contribution in [0, 0.1) is 19.8 Å². The van der Waals surface area contributed by atoms with Crippen molar-refractivity contribution in [1.29, 1.82) is 0 Å². The topological polar surface area (TPSA) is 87.3 Å². The second-order valence-corrected chi connectivity index (χ2v) is 4.86. The lowest BCUT2D eigenvalue weighted by Gasteiger charge is -2.11. The van der Waals surface area contributed by atoms with Gasteiger partial charge in [-0.2, -0.15) is 4.98 Å². The Morgan fingerprint density at radius 2 is 2.26 bits per heavy atom. The zero-order valence-electron chi connectivity index (χ0n) is 11.0. The number of aromatic nitrogens is 2. The first-order valence-electron chi connectivity index (χ1n) is 6.41. The number of nitrogens with two attached hydrogens (primary N) is 1. The summed E-state index contributed by atoms with van der Waals surface area (Å²) in [4.78, 5) is 4.42. The van der Waals surface area contributed by atoms with E-state index in [1.807, 2.05) is 19.9 Å². The van der Waals surface area contributed by atoms with Crippen LogP contribution >= 0.6 is 0 Å². The van der Waals surface area contributed by atoms with Gasteiger partial charge in [0.05, 0.1) is 5.56 Å². The summed E-state index contributed by atoms with van der Waals surface area (Å²) in [6, 6.07) is 1.90.